The summed E-state index contributed by atoms with van der Waals surface area (Å²) in [7, 11) is 0. The predicted molar refractivity (Wildman–Crippen MR) is 71.5 cm³/mol. The minimum Gasteiger partial charge on any atom is -0.478 e. The van der Waals surface area contributed by atoms with Crippen LogP contribution in [0.4, 0.5) is 15.8 Å². The van der Waals surface area contributed by atoms with E-state index in [4.69, 9.17) is 10.8 Å². The summed E-state index contributed by atoms with van der Waals surface area (Å²) in [5, 5.41) is 22.4. The van der Waals surface area contributed by atoms with Crippen molar-refractivity contribution in [3.05, 3.63) is 33.6 Å². The molecule has 0 fully saturated rings. The number of carboxylic acid groups (broad SMARTS) is 1. The maximum absolute atomic E-state index is 13.6. The maximum Gasteiger partial charge on any atom is 0.338 e. The summed E-state index contributed by atoms with van der Waals surface area (Å²) in [5.41, 5.74) is 2.46. The van der Waals surface area contributed by atoms with Crippen LogP contribution in [-0.4, -0.2) is 27.4 Å². The molecule has 0 saturated carbocycles. The van der Waals surface area contributed by atoms with E-state index in [0.717, 1.165) is 0 Å². The lowest BCUT2D eigenvalue weighted by atomic mass is 9.99. The summed E-state index contributed by atoms with van der Waals surface area (Å²) in [5.74, 6) is -3.37. The summed E-state index contributed by atoms with van der Waals surface area (Å²) < 4.78 is 13.6. The van der Waals surface area contributed by atoms with Gasteiger partial charge in [-0.2, -0.15) is 0 Å². The third kappa shape index (κ3) is 4.13. The Labute approximate surface area is 118 Å². The second-order valence-electron chi connectivity index (χ2n) is 5.06. The van der Waals surface area contributed by atoms with Crippen LogP contribution in [0.25, 0.3) is 0 Å². The number of benzene rings is 1. The number of nitro groups is 1. The lowest BCUT2D eigenvalue weighted by Crippen LogP contribution is -2.36. The monoisotopic (exact) mass is 299 g/mol. The molecular formula is C12H14FN3O5. The third-order valence-corrected chi connectivity index (χ3v) is 2.60. The molecule has 1 amide bonds. The summed E-state index contributed by atoms with van der Waals surface area (Å²) in [6, 6.07) is 1.34. The van der Waals surface area contributed by atoms with E-state index in [2.05, 4.69) is 5.32 Å². The van der Waals surface area contributed by atoms with Gasteiger partial charge < -0.3 is 16.2 Å². The minimum atomic E-state index is -1.61. The van der Waals surface area contributed by atoms with Gasteiger partial charge in [-0.15, -0.1) is 0 Å². The number of amides is 1. The Kier molecular flexibility index (Phi) is 4.46. The van der Waals surface area contributed by atoms with Gasteiger partial charge in [0.1, 0.15) is 17.1 Å². The molecule has 0 aliphatic carbocycles. The quantitative estimate of drug-likeness (QED) is 0.538. The Hall–Kier alpha value is -2.71. The molecule has 0 aliphatic heterocycles. The molecule has 0 radical (unpaired) electrons. The number of halogens is 1. The van der Waals surface area contributed by atoms with Crippen molar-refractivity contribution in [2.45, 2.75) is 25.8 Å². The van der Waals surface area contributed by atoms with E-state index in [1.165, 1.54) is 0 Å². The molecule has 8 nitrogen and oxygen atoms in total. The first kappa shape index (κ1) is 16.3. The highest BCUT2D eigenvalue weighted by atomic mass is 19.1. The van der Waals surface area contributed by atoms with E-state index in [0.29, 0.717) is 12.1 Å². The molecule has 0 heterocycles. The predicted octanol–water partition coefficient (Wildman–Crippen LogP) is 1.50. The largest absolute Gasteiger partial charge is 0.478 e. The number of nitrogens with two attached hydrogens (primary N) is 1. The number of carbonyl (C=O) groups excluding carboxylic acids is 1. The van der Waals surface area contributed by atoms with E-state index < -0.39 is 39.4 Å². The number of aromatic carboxylic acids is 1. The van der Waals surface area contributed by atoms with Crippen molar-refractivity contribution in [1.82, 2.24) is 0 Å². The van der Waals surface area contributed by atoms with Crippen LogP contribution in [0.1, 0.15) is 30.6 Å². The lowest BCUT2D eigenvalue weighted by molar-refractivity contribution is -0.384. The molecule has 4 N–H and O–H groups in total. The molecule has 0 spiro atoms. The van der Waals surface area contributed by atoms with Crippen LogP contribution in [0.2, 0.25) is 0 Å². The molecule has 1 aromatic rings. The summed E-state index contributed by atoms with van der Waals surface area (Å²) in [4.78, 5) is 31.9. The number of anilines is 1. The summed E-state index contributed by atoms with van der Waals surface area (Å²) in [6.45, 7) is 3.09. The zero-order chi connectivity index (χ0) is 16.4. The fourth-order valence-corrected chi connectivity index (χ4v) is 1.82. The van der Waals surface area contributed by atoms with Crippen molar-refractivity contribution in [3.63, 3.8) is 0 Å². The molecule has 1 aromatic carbocycles. The number of nitrogens with zero attached hydrogens (tertiary/aromatic N) is 1. The van der Waals surface area contributed by atoms with Crippen LogP contribution < -0.4 is 11.1 Å². The van der Waals surface area contributed by atoms with Crippen molar-refractivity contribution in [1.29, 1.82) is 0 Å². The van der Waals surface area contributed by atoms with Crippen molar-refractivity contribution in [2.75, 3.05) is 5.32 Å². The van der Waals surface area contributed by atoms with Crippen LogP contribution >= 0.6 is 0 Å². The van der Waals surface area contributed by atoms with Crippen LogP contribution in [-0.2, 0) is 4.79 Å². The van der Waals surface area contributed by atoms with E-state index >= 15 is 0 Å². The first-order valence-electron chi connectivity index (χ1n) is 5.81. The fraction of sp³-hybridized carbons (Fsp3) is 0.333. The van der Waals surface area contributed by atoms with E-state index in [1.807, 2.05) is 0 Å². The standard InChI is InChI=1S/C12H14FN3O5/c1-12(2,5-10(14)17)15-8-4-7(13)6(11(18)19)3-9(8)16(20)21/h3-4,15H,5H2,1-2H3,(H2,14,17)(H,18,19). The highest BCUT2D eigenvalue weighted by Crippen LogP contribution is 2.31. The Morgan fingerprint density at radius 2 is 2.05 bits per heavy atom. The van der Waals surface area contributed by atoms with Gasteiger partial charge in [-0.05, 0) is 13.8 Å². The lowest BCUT2D eigenvalue weighted by Gasteiger charge is -2.26. The third-order valence-electron chi connectivity index (χ3n) is 2.60. The molecule has 0 aromatic heterocycles. The highest BCUT2D eigenvalue weighted by Gasteiger charge is 2.27. The van der Waals surface area contributed by atoms with Crippen LogP contribution in [0.3, 0.4) is 0 Å². The number of carbonyl (C=O) groups is 2. The Bertz CT molecular complexity index is 615. The van der Waals surface area contributed by atoms with Gasteiger partial charge in [-0.3, -0.25) is 14.9 Å². The van der Waals surface area contributed by atoms with Gasteiger partial charge in [-0.1, -0.05) is 0 Å². The van der Waals surface area contributed by atoms with Crippen molar-refractivity contribution < 1.29 is 24.0 Å². The molecule has 114 valence electrons. The first-order chi connectivity index (χ1) is 9.53. The van der Waals surface area contributed by atoms with E-state index in [9.17, 15) is 24.1 Å². The molecule has 9 heteroatoms. The maximum atomic E-state index is 13.6. The molecule has 0 atom stereocenters. The number of primary amides is 1. The van der Waals surface area contributed by atoms with Crippen molar-refractivity contribution in [2.24, 2.45) is 5.73 Å². The first-order valence-corrected chi connectivity index (χ1v) is 5.81. The van der Waals surface area contributed by atoms with Gasteiger partial charge in [0, 0.05) is 24.1 Å². The summed E-state index contributed by atoms with van der Waals surface area (Å²) in [6.07, 6.45) is -0.146. The van der Waals surface area contributed by atoms with Crippen molar-refractivity contribution >= 4 is 23.3 Å². The SMILES string of the molecule is CC(C)(CC(N)=O)Nc1cc(F)c(C(=O)O)cc1[N+](=O)[O-]. The van der Waals surface area contributed by atoms with E-state index in [-0.39, 0.29) is 12.1 Å². The van der Waals surface area contributed by atoms with Crippen LogP contribution in [0.15, 0.2) is 12.1 Å². The second kappa shape index (κ2) is 5.73. The molecule has 21 heavy (non-hydrogen) atoms. The van der Waals surface area contributed by atoms with Gasteiger partial charge >= 0.3 is 5.97 Å². The average molecular weight is 299 g/mol. The topological polar surface area (TPSA) is 136 Å². The highest BCUT2D eigenvalue weighted by molar-refractivity contribution is 5.90. The second-order valence-corrected chi connectivity index (χ2v) is 5.06. The number of nitrogens with one attached hydrogen (secondary N) is 1. The zero-order valence-corrected chi connectivity index (χ0v) is 11.3. The van der Waals surface area contributed by atoms with Crippen LogP contribution in [0.5, 0.6) is 0 Å². The Balaban J connectivity index is 3.29. The van der Waals surface area contributed by atoms with Gasteiger partial charge in [-0.25, -0.2) is 9.18 Å². The molecule has 0 unspecified atom stereocenters. The Morgan fingerprint density at radius 3 is 2.48 bits per heavy atom. The van der Waals surface area contributed by atoms with E-state index in [1.54, 1.807) is 13.8 Å². The fourth-order valence-electron chi connectivity index (χ4n) is 1.82. The van der Waals surface area contributed by atoms with Gasteiger partial charge in [0.15, 0.2) is 0 Å². The smallest absolute Gasteiger partial charge is 0.338 e. The van der Waals surface area contributed by atoms with Gasteiger partial charge in [0.25, 0.3) is 5.69 Å². The molecule has 0 bridgehead atoms. The van der Waals surface area contributed by atoms with Gasteiger partial charge in [0.05, 0.1) is 4.92 Å². The van der Waals surface area contributed by atoms with Crippen molar-refractivity contribution in [3.8, 4) is 0 Å². The number of hydrogen-bond donors (Lipinski definition) is 3. The minimum absolute atomic E-state index is 0.146. The zero-order valence-electron chi connectivity index (χ0n) is 11.3. The molecule has 0 saturated heterocycles. The normalized spacial score (nSPS) is 11.0. The number of carboxylic acids is 1. The van der Waals surface area contributed by atoms with Gasteiger partial charge in [0.2, 0.25) is 5.91 Å². The number of hydrogen-bond acceptors (Lipinski definition) is 5. The Morgan fingerprint density at radius 1 is 1.48 bits per heavy atom. The number of nitro benzene ring substituents is 1. The molecule has 0 aliphatic rings. The molecule has 1 rings (SSSR count). The van der Waals surface area contributed by atoms with Crippen LogP contribution in [0, 0.1) is 15.9 Å². The number of rotatable bonds is 6. The average Bonchev–Trinajstić information content (AvgIpc) is 2.24. The summed E-state index contributed by atoms with van der Waals surface area (Å²) >= 11 is 0. The molecular weight excluding hydrogens is 285 g/mol.